The molecule has 3 aromatic rings. The molecule has 0 aromatic heterocycles. The summed E-state index contributed by atoms with van der Waals surface area (Å²) >= 11 is 0. The Morgan fingerprint density at radius 2 is 1.00 bits per heavy atom. The Hall–Kier alpha value is -1.55. The van der Waals surface area contributed by atoms with Crippen LogP contribution >= 0.6 is 0 Å². The predicted molar refractivity (Wildman–Crippen MR) is 119 cm³/mol. The Labute approximate surface area is 201 Å². The van der Waals surface area contributed by atoms with Crippen molar-refractivity contribution < 1.29 is 22.1 Å². The molecule has 1 nitrogen and oxygen atoms in total. The van der Waals surface area contributed by atoms with Crippen LogP contribution < -0.4 is 22.1 Å². The van der Waals surface area contributed by atoms with Crippen LogP contribution in [0.25, 0.3) is 11.3 Å². The molecule has 3 heteroatoms. The Morgan fingerprint density at radius 1 is 0.621 bits per heavy atom. The van der Waals surface area contributed by atoms with Gasteiger partial charge in [-0.25, -0.2) is 0 Å². The maximum atomic E-state index is 13.9. The third-order valence-electron chi connectivity index (χ3n) is 5.12. The molecule has 3 rings (SSSR count). The van der Waals surface area contributed by atoms with Crippen molar-refractivity contribution in [1.82, 2.24) is 0 Å². The summed E-state index contributed by atoms with van der Waals surface area (Å²) in [5.74, 6) is 0.103. The smallest absolute Gasteiger partial charge is 1.00 e. The van der Waals surface area contributed by atoms with E-state index in [-0.39, 0.29) is 45.8 Å². The van der Waals surface area contributed by atoms with E-state index in [1.807, 2.05) is 44.2 Å². The van der Waals surface area contributed by atoms with Crippen molar-refractivity contribution in [2.24, 2.45) is 0 Å². The summed E-state index contributed by atoms with van der Waals surface area (Å²) in [6, 6.07) is 18.6. The number of benzene rings is 3. The zero-order valence-corrected chi connectivity index (χ0v) is 21.2. The summed E-state index contributed by atoms with van der Waals surface area (Å²) in [5.41, 5.74) is 10.4. The van der Waals surface area contributed by atoms with Gasteiger partial charge in [0, 0.05) is 0 Å². The predicted octanol–water partition coefficient (Wildman–Crippen LogP) is 2.44. The number of hydrogen-bond acceptors (Lipinski definition) is 1. The van der Waals surface area contributed by atoms with Crippen LogP contribution in [0.5, 0.6) is 0 Å². The molecule has 0 aliphatic heterocycles. The van der Waals surface area contributed by atoms with Crippen molar-refractivity contribution >= 4 is 34.4 Å². The first-order valence-corrected chi connectivity index (χ1v) is 9.42. The molecule has 146 valence electrons. The van der Waals surface area contributed by atoms with Crippen molar-refractivity contribution in [3.63, 3.8) is 0 Å². The molecule has 0 bridgehead atoms. The average molecular weight is 460 g/mol. The Bertz CT molecular complexity index is 990. The Morgan fingerprint density at radius 3 is 1.41 bits per heavy atom. The van der Waals surface area contributed by atoms with E-state index < -0.39 is 0 Å². The molecule has 0 N–H and O–H groups in total. The second-order valence-corrected chi connectivity index (χ2v) is 7.62. The molecule has 0 atom stereocenters. The Balaban J connectivity index is 0.00000210. The van der Waals surface area contributed by atoms with Crippen LogP contribution in [-0.2, 0) is 0 Å². The van der Waals surface area contributed by atoms with Gasteiger partial charge in [0.25, 0.3) is 0 Å². The number of aryl methyl sites for hydroxylation is 6. The van der Waals surface area contributed by atoms with Crippen molar-refractivity contribution in [3.8, 4) is 0 Å². The normalized spacial score (nSPS) is 11.2. The second-order valence-electron chi connectivity index (χ2n) is 7.62. The first-order valence-electron chi connectivity index (χ1n) is 9.42. The van der Waals surface area contributed by atoms with Gasteiger partial charge in [-0.2, -0.15) is 0 Å². The fraction of sp³-hybridized carbons (Fsp3) is 0.231. The van der Waals surface area contributed by atoms with Crippen LogP contribution in [0.4, 0.5) is 0 Å². The molecular weight excluding hydrogens is 432 g/mol. The van der Waals surface area contributed by atoms with Gasteiger partial charge in [0.1, 0.15) is 0 Å². The molecular formula is C26H27BrMgO. The summed E-state index contributed by atoms with van der Waals surface area (Å²) in [6.07, 6.45) is 0. The summed E-state index contributed by atoms with van der Waals surface area (Å²) in [5, 5.41) is 13.9. The SMILES string of the molecule is Cc1cc(C)c(/C([O-])=C(/c2ccccc2)c2c(C)cc(C)cc2C)c(C)c1.[Br-].[Mg+2]. The molecule has 0 unspecified atom stereocenters. The van der Waals surface area contributed by atoms with Crippen LogP contribution in [0.15, 0.2) is 54.6 Å². The molecule has 0 saturated carbocycles. The Kier molecular flexibility index (Phi) is 9.20. The van der Waals surface area contributed by atoms with E-state index in [4.69, 9.17) is 0 Å². The number of halogens is 1. The molecule has 0 aliphatic rings. The average Bonchev–Trinajstić information content (AvgIpc) is 2.57. The summed E-state index contributed by atoms with van der Waals surface area (Å²) in [7, 11) is 0. The molecule has 0 radical (unpaired) electrons. The minimum absolute atomic E-state index is 0. The van der Waals surface area contributed by atoms with Gasteiger partial charge in [-0.3, -0.25) is 0 Å². The van der Waals surface area contributed by atoms with Crippen LogP contribution in [-0.4, -0.2) is 23.1 Å². The molecule has 0 spiro atoms. The van der Waals surface area contributed by atoms with Crippen LogP contribution in [0, 0.1) is 41.5 Å². The molecule has 0 heterocycles. The van der Waals surface area contributed by atoms with E-state index in [0.717, 1.165) is 44.5 Å². The summed E-state index contributed by atoms with van der Waals surface area (Å²) < 4.78 is 0. The monoisotopic (exact) mass is 458 g/mol. The van der Waals surface area contributed by atoms with E-state index in [1.165, 1.54) is 11.1 Å². The van der Waals surface area contributed by atoms with Crippen LogP contribution in [0.3, 0.4) is 0 Å². The number of hydrogen-bond donors (Lipinski definition) is 0. The first kappa shape index (κ1) is 25.5. The topological polar surface area (TPSA) is 23.1 Å². The second kappa shape index (κ2) is 10.5. The zero-order chi connectivity index (χ0) is 19.7. The number of rotatable bonds is 3. The molecule has 0 saturated heterocycles. The van der Waals surface area contributed by atoms with Gasteiger partial charge in [0.15, 0.2) is 0 Å². The fourth-order valence-corrected chi connectivity index (χ4v) is 4.23. The van der Waals surface area contributed by atoms with Crippen molar-refractivity contribution in [1.29, 1.82) is 0 Å². The van der Waals surface area contributed by atoms with Crippen LogP contribution in [0.1, 0.15) is 50.1 Å². The molecule has 3 aromatic carbocycles. The minimum atomic E-state index is 0. The van der Waals surface area contributed by atoms with E-state index in [0.29, 0.717) is 0 Å². The van der Waals surface area contributed by atoms with Gasteiger partial charge in [-0.1, -0.05) is 71.5 Å². The summed E-state index contributed by atoms with van der Waals surface area (Å²) in [4.78, 5) is 0. The largest absolute Gasteiger partial charge is 2.00 e. The van der Waals surface area contributed by atoms with Gasteiger partial charge in [-0.05, 0) is 86.1 Å². The molecule has 29 heavy (non-hydrogen) atoms. The van der Waals surface area contributed by atoms with E-state index in [9.17, 15) is 5.11 Å². The first-order chi connectivity index (χ1) is 12.8. The minimum Gasteiger partial charge on any atom is -1.00 e. The van der Waals surface area contributed by atoms with E-state index >= 15 is 0 Å². The van der Waals surface area contributed by atoms with Gasteiger partial charge < -0.3 is 22.1 Å². The van der Waals surface area contributed by atoms with Gasteiger partial charge in [0.2, 0.25) is 0 Å². The van der Waals surface area contributed by atoms with E-state index in [1.54, 1.807) is 0 Å². The van der Waals surface area contributed by atoms with Gasteiger partial charge in [-0.15, -0.1) is 0 Å². The maximum Gasteiger partial charge on any atom is 2.00 e. The van der Waals surface area contributed by atoms with Crippen molar-refractivity contribution in [2.45, 2.75) is 41.5 Å². The molecule has 0 aliphatic carbocycles. The van der Waals surface area contributed by atoms with E-state index in [2.05, 4.69) is 52.0 Å². The van der Waals surface area contributed by atoms with Gasteiger partial charge in [0.05, 0.1) is 0 Å². The molecule has 0 fully saturated rings. The van der Waals surface area contributed by atoms with Crippen molar-refractivity contribution in [2.75, 3.05) is 0 Å². The van der Waals surface area contributed by atoms with Crippen LogP contribution in [0.2, 0.25) is 0 Å². The zero-order valence-electron chi connectivity index (χ0n) is 18.2. The third kappa shape index (κ3) is 5.33. The summed E-state index contributed by atoms with van der Waals surface area (Å²) in [6.45, 7) is 12.4. The van der Waals surface area contributed by atoms with Gasteiger partial charge >= 0.3 is 23.1 Å². The quantitative estimate of drug-likeness (QED) is 0.335. The van der Waals surface area contributed by atoms with Crippen molar-refractivity contribution in [3.05, 3.63) is 105 Å². The maximum absolute atomic E-state index is 13.9. The standard InChI is InChI=1S/C26H28O.BrH.Mg/c1-16-12-18(3)23(19(4)13-16)25(22-10-8-7-9-11-22)26(27)24-20(5)14-17(2)15-21(24)6;;/h7-15,27H,1-6H3;1H;/q;;+2/p-2/b26-25+;;. The third-order valence-corrected chi connectivity index (χ3v) is 5.12. The molecule has 0 amide bonds. The fourth-order valence-electron chi connectivity index (χ4n) is 4.23.